The predicted molar refractivity (Wildman–Crippen MR) is 77.3 cm³/mol. The van der Waals surface area contributed by atoms with Gasteiger partial charge in [-0.15, -0.1) is 0 Å². The molecule has 1 saturated carbocycles. The number of rotatable bonds is 5. The number of halogens is 3. The first kappa shape index (κ1) is 17.3. The molecule has 1 aromatic rings. The van der Waals surface area contributed by atoms with Crippen molar-refractivity contribution in [3.63, 3.8) is 0 Å². The van der Waals surface area contributed by atoms with E-state index in [-0.39, 0.29) is 18.6 Å². The van der Waals surface area contributed by atoms with Gasteiger partial charge in [-0.3, -0.25) is 15.0 Å². The maximum atomic E-state index is 12.8. The maximum Gasteiger partial charge on any atom is 0.416 e. The fraction of sp³-hybridized carbons (Fsp3) is 0.467. The minimum absolute atomic E-state index is 0.0922. The minimum Gasteiger partial charge on any atom is -0.351 e. The Morgan fingerprint density at radius 3 is 2.57 bits per heavy atom. The van der Waals surface area contributed by atoms with Gasteiger partial charge in [0.15, 0.2) is 0 Å². The number of benzene rings is 1. The molecule has 1 aromatic carbocycles. The summed E-state index contributed by atoms with van der Waals surface area (Å²) in [5, 5.41) is 1.98. The van der Waals surface area contributed by atoms with Gasteiger partial charge in [0.1, 0.15) is 0 Å². The summed E-state index contributed by atoms with van der Waals surface area (Å²) in [5.74, 6) is -0.566. The summed E-state index contributed by atoms with van der Waals surface area (Å²) < 4.78 is 38.5. The number of nitrogens with zero attached hydrogens (tertiary/aromatic N) is 1. The lowest BCUT2D eigenvalue weighted by atomic mass is 10.0. The minimum atomic E-state index is -4.41. The Bertz CT molecular complexity index is 600. The number of amides is 3. The lowest BCUT2D eigenvalue weighted by Crippen LogP contribution is -2.43. The van der Waals surface area contributed by atoms with Gasteiger partial charge < -0.3 is 5.73 Å². The SMILES string of the molecule is C[C@@H](c1cccc(C(F)(F)F)c1)N(CC(=O)NC(N)=O)C1CC1. The number of carbonyl (C=O) groups excluding carboxylic acids is 2. The first-order chi connectivity index (χ1) is 10.7. The summed E-state index contributed by atoms with van der Waals surface area (Å²) in [6.07, 6.45) is -2.68. The van der Waals surface area contributed by atoms with E-state index < -0.39 is 23.7 Å². The van der Waals surface area contributed by atoms with Gasteiger partial charge in [0, 0.05) is 12.1 Å². The highest BCUT2D eigenvalue weighted by atomic mass is 19.4. The number of nitrogens with one attached hydrogen (secondary N) is 1. The Balaban J connectivity index is 2.16. The lowest BCUT2D eigenvalue weighted by Gasteiger charge is -2.29. The van der Waals surface area contributed by atoms with Gasteiger partial charge in [-0.1, -0.05) is 12.1 Å². The summed E-state index contributed by atoms with van der Waals surface area (Å²) in [6, 6.07) is 3.84. The van der Waals surface area contributed by atoms with Crippen molar-refractivity contribution in [2.75, 3.05) is 6.54 Å². The molecule has 0 radical (unpaired) electrons. The second kappa shape index (κ2) is 6.57. The van der Waals surface area contributed by atoms with Gasteiger partial charge in [0.2, 0.25) is 5.91 Å². The largest absolute Gasteiger partial charge is 0.416 e. The Hall–Kier alpha value is -2.09. The van der Waals surface area contributed by atoms with E-state index in [1.54, 1.807) is 17.9 Å². The van der Waals surface area contributed by atoms with E-state index in [1.165, 1.54) is 6.07 Å². The van der Waals surface area contributed by atoms with E-state index >= 15 is 0 Å². The summed E-state index contributed by atoms with van der Waals surface area (Å²) in [5.41, 5.74) is 4.65. The molecule has 3 amide bonds. The summed E-state index contributed by atoms with van der Waals surface area (Å²) in [7, 11) is 0. The molecule has 0 bridgehead atoms. The van der Waals surface area contributed by atoms with E-state index in [2.05, 4.69) is 0 Å². The fourth-order valence-electron chi connectivity index (χ4n) is 2.50. The summed E-state index contributed by atoms with van der Waals surface area (Å²) in [4.78, 5) is 24.2. The normalized spacial score (nSPS) is 16.2. The van der Waals surface area contributed by atoms with Crippen LogP contribution in [0.2, 0.25) is 0 Å². The zero-order chi connectivity index (χ0) is 17.2. The third kappa shape index (κ3) is 4.69. The van der Waals surface area contributed by atoms with Gasteiger partial charge >= 0.3 is 12.2 Å². The molecule has 0 unspecified atom stereocenters. The van der Waals surface area contributed by atoms with Crippen LogP contribution in [0.25, 0.3) is 0 Å². The first-order valence-corrected chi connectivity index (χ1v) is 7.20. The number of carbonyl (C=O) groups is 2. The highest BCUT2D eigenvalue weighted by molar-refractivity contribution is 5.94. The number of hydrogen-bond acceptors (Lipinski definition) is 3. The number of primary amides is 1. The smallest absolute Gasteiger partial charge is 0.351 e. The molecule has 1 aliphatic rings. The van der Waals surface area contributed by atoms with Crippen LogP contribution in [-0.2, 0) is 11.0 Å². The van der Waals surface area contributed by atoms with Crippen LogP contribution < -0.4 is 11.1 Å². The van der Waals surface area contributed by atoms with Crippen molar-refractivity contribution >= 4 is 11.9 Å². The van der Waals surface area contributed by atoms with Crippen molar-refractivity contribution in [1.29, 1.82) is 0 Å². The Labute approximate surface area is 131 Å². The maximum absolute atomic E-state index is 12.8. The summed E-state index contributed by atoms with van der Waals surface area (Å²) >= 11 is 0. The molecular formula is C15H18F3N3O2. The molecule has 126 valence electrons. The van der Waals surface area contributed by atoms with E-state index in [9.17, 15) is 22.8 Å². The second-order valence-electron chi connectivity index (χ2n) is 5.62. The highest BCUT2D eigenvalue weighted by Gasteiger charge is 2.35. The third-order valence-corrected chi connectivity index (χ3v) is 3.80. The van der Waals surface area contributed by atoms with Crippen LogP contribution in [0.4, 0.5) is 18.0 Å². The van der Waals surface area contributed by atoms with Crippen LogP contribution >= 0.6 is 0 Å². The zero-order valence-electron chi connectivity index (χ0n) is 12.6. The molecule has 1 fully saturated rings. The monoisotopic (exact) mass is 329 g/mol. The van der Waals surface area contributed by atoms with Crippen LogP contribution in [0.1, 0.15) is 36.9 Å². The van der Waals surface area contributed by atoms with Gasteiger partial charge in [-0.25, -0.2) is 4.79 Å². The van der Waals surface area contributed by atoms with Gasteiger partial charge in [-0.05, 0) is 37.5 Å². The molecule has 1 atom stereocenters. The van der Waals surface area contributed by atoms with Crippen molar-refractivity contribution < 1.29 is 22.8 Å². The molecule has 0 spiro atoms. The topological polar surface area (TPSA) is 75.4 Å². The number of imide groups is 1. The van der Waals surface area contributed by atoms with E-state index in [1.807, 2.05) is 5.32 Å². The van der Waals surface area contributed by atoms with Gasteiger partial charge in [-0.2, -0.15) is 13.2 Å². The lowest BCUT2D eigenvalue weighted by molar-refractivity contribution is -0.137. The van der Waals surface area contributed by atoms with Crippen molar-refractivity contribution in [2.45, 2.75) is 38.0 Å². The van der Waals surface area contributed by atoms with Crippen molar-refractivity contribution in [1.82, 2.24) is 10.2 Å². The molecule has 0 aromatic heterocycles. The molecule has 8 heteroatoms. The van der Waals surface area contributed by atoms with E-state index in [0.717, 1.165) is 25.0 Å². The molecule has 2 rings (SSSR count). The molecule has 0 heterocycles. The molecule has 3 N–H and O–H groups in total. The Morgan fingerprint density at radius 1 is 1.39 bits per heavy atom. The van der Waals surface area contributed by atoms with Crippen LogP contribution in [0.5, 0.6) is 0 Å². The molecule has 5 nitrogen and oxygen atoms in total. The molecular weight excluding hydrogens is 311 g/mol. The van der Waals surface area contributed by atoms with Crippen molar-refractivity contribution in [2.24, 2.45) is 5.73 Å². The first-order valence-electron chi connectivity index (χ1n) is 7.20. The molecule has 23 heavy (non-hydrogen) atoms. The third-order valence-electron chi connectivity index (χ3n) is 3.80. The average molecular weight is 329 g/mol. The number of hydrogen-bond donors (Lipinski definition) is 2. The quantitative estimate of drug-likeness (QED) is 0.871. The van der Waals surface area contributed by atoms with Crippen LogP contribution in [0.3, 0.4) is 0 Å². The summed E-state index contributed by atoms with van der Waals surface area (Å²) in [6.45, 7) is 1.65. The average Bonchev–Trinajstić information content (AvgIpc) is 3.27. The van der Waals surface area contributed by atoms with Crippen LogP contribution in [0, 0.1) is 0 Å². The predicted octanol–water partition coefficient (Wildman–Crippen LogP) is 2.43. The highest BCUT2D eigenvalue weighted by Crippen LogP contribution is 2.36. The van der Waals surface area contributed by atoms with Crippen LogP contribution in [0.15, 0.2) is 24.3 Å². The van der Waals surface area contributed by atoms with E-state index in [4.69, 9.17) is 5.73 Å². The number of alkyl halides is 3. The standard InChI is InChI=1S/C15H18F3N3O2/c1-9(10-3-2-4-11(7-10)15(16,17)18)21(12-5-6-12)8-13(22)20-14(19)23/h2-4,7,9,12H,5-6,8H2,1H3,(H3,19,20,22,23)/t9-/m0/s1. The molecule has 0 saturated heterocycles. The van der Waals surface area contributed by atoms with Crippen molar-refractivity contribution in [3.8, 4) is 0 Å². The number of nitrogens with two attached hydrogens (primary N) is 1. The number of urea groups is 1. The van der Waals surface area contributed by atoms with Gasteiger partial charge in [0.25, 0.3) is 0 Å². The molecule has 0 aliphatic heterocycles. The Kier molecular flexibility index (Phi) is 4.93. The van der Waals surface area contributed by atoms with E-state index in [0.29, 0.717) is 5.56 Å². The second-order valence-corrected chi connectivity index (χ2v) is 5.62. The fourth-order valence-corrected chi connectivity index (χ4v) is 2.50. The van der Waals surface area contributed by atoms with Crippen LogP contribution in [-0.4, -0.2) is 29.4 Å². The Morgan fingerprint density at radius 2 is 2.04 bits per heavy atom. The molecule has 1 aliphatic carbocycles. The zero-order valence-corrected chi connectivity index (χ0v) is 12.6. The van der Waals surface area contributed by atoms with Crippen molar-refractivity contribution in [3.05, 3.63) is 35.4 Å². The van der Waals surface area contributed by atoms with Gasteiger partial charge in [0.05, 0.1) is 12.1 Å².